The molecule has 1 fully saturated rings. The van der Waals surface area contributed by atoms with E-state index in [9.17, 15) is 9.59 Å². The molecule has 0 N–H and O–H groups in total. The third-order valence-electron chi connectivity index (χ3n) is 3.66. The van der Waals surface area contributed by atoms with Crippen LogP contribution in [-0.2, 0) is 9.59 Å². The predicted octanol–water partition coefficient (Wildman–Crippen LogP) is 0.819. The number of anilines is 1. The van der Waals surface area contributed by atoms with E-state index in [2.05, 4.69) is 4.98 Å². The second kappa shape index (κ2) is 5.48. The lowest BCUT2D eigenvalue weighted by Gasteiger charge is -2.31. The van der Waals surface area contributed by atoms with E-state index in [1.807, 2.05) is 4.90 Å². The molecule has 106 valence electrons. The first-order valence-corrected chi connectivity index (χ1v) is 6.91. The van der Waals surface area contributed by atoms with E-state index < -0.39 is 0 Å². The molecule has 0 bridgehead atoms. The standard InChI is InChI=1S/C14H17N3O3/c18-12(16-7-2-1-3-8-16)9-17-13(19)10-20-11-5-4-6-15-14(11)17/h4-6H,1-3,7-10H2. The van der Waals surface area contributed by atoms with Crippen LogP contribution in [0.4, 0.5) is 5.82 Å². The van der Waals surface area contributed by atoms with Crippen LogP contribution < -0.4 is 9.64 Å². The van der Waals surface area contributed by atoms with E-state index in [1.54, 1.807) is 18.3 Å². The maximum absolute atomic E-state index is 12.3. The minimum atomic E-state index is -0.221. The van der Waals surface area contributed by atoms with Crippen molar-refractivity contribution in [3.05, 3.63) is 18.3 Å². The summed E-state index contributed by atoms with van der Waals surface area (Å²) in [6.07, 6.45) is 4.85. The van der Waals surface area contributed by atoms with Crippen molar-refractivity contribution >= 4 is 17.6 Å². The largest absolute Gasteiger partial charge is 0.480 e. The highest BCUT2D eigenvalue weighted by Crippen LogP contribution is 2.28. The van der Waals surface area contributed by atoms with Crippen LogP contribution in [0.5, 0.6) is 5.75 Å². The average Bonchev–Trinajstić information content (AvgIpc) is 2.51. The van der Waals surface area contributed by atoms with Crippen molar-refractivity contribution in [2.45, 2.75) is 19.3 Å². The summed E-state index contributed by atoms with van der Waals surface area (Å²) in [6.45, 7) is 1.58. The third kappa shape index (κ3) is 2.45. The smallest absolute Gasteiger partial charge is 0.266 e. The molecule has 1 aromatic rings. The number of piperidine rings is 1. The summed E-state index contributed by atoms with van der Waals surface area (Å²) in [4.78, 5) is 31.7. The molecular weight excluding hydrogens is 258 g/mol. The molecule has 6 nitrogen and oxygen atoms in total. The zero-order valence-corrected chi connectivity index (χ0v) is 11.2. The van der Waals surface area contributed by atoms with E-state index >= 15 is 0 Å². The summed E-state index contributed by atoms with van der Waals surface area (Å²) in [6, 6.07) is 3.51. The Labute approximate surface area is 117 Å². The van der Waals surface area contributed by atoms with Crippen LogP contribution in [0.1, 0.15) is 19.3 Å². The summed E-state index contributed by atoms with van der Waals surface area (Å²) >= 11 is 0. The topological polar surface area (TPSA) is 62.7 Å². The second-order valence-corrected chi connectivity index (χ2v) is 5.04. The van der Waals surface area contributed by atoms with Gasteiger partial charge in [-0.25, -0.2) is 4.98 Å². The summed E-state index contributed by atoms with van der Waals surface area (Å²) in [5, 5.41) is 0. The molecule has 0 atom stereocenters. The van der Waals surface area contributed by atoms with Gasteiger partial charge in [-0.1, -0.05) is 0 Å². The minimum absolute atomic E-state index is 0.0171. The van der Waals surface area contributed by atoms with Crippen LogP contribution in [0, 0.1) is 0 Å². The van der Waals surface area contributed by atoms with Crippen LogP contribution in [0.2, 0.25) is 0 Å². The molecular formula is C14H17N3O3. The molecule has 2 aliphatic rings. The summed E-state index contributed by atoms with van der Waals surface area (Å²) in [5.41, 5.74) is 0. The SMILES string of the molecule is O=C(CN1C(=O)COc2cccnc21)N1CCCCC1. The van der Waals surface area contributed by atoms with Crippen molar-refractivity contribution in [1.29, 1.82) is 0 Å². The number of likely N-dealkylation sites (tertiary alicyclic amines) is 1. The van der Waals surface area contributed by atoms with Crippen molar-refractivity contribution in [3.63, 3.8) is 0 Å². The number of rotatable bonds is 2. The van der Waals surface area contributed by atoms with Crippen LogP contribution >= 0.6 is 0 Å². The zero-order valence-electron chi connectivity index (χ0n) is 11.2. The number of carbonyl (C=O) groups is 2. The van der Waals surface area contributed by atoms with E-state index in [1.165, 1.54) is 11.3 Å². The first kappa shape index (κ1) is 12.9. The fourth-order valence-electron chi connectivity index (χ4n) is 2.57. The van der Waals surface area contributed by atoms with Crippen molar-refractivity contribution in [2.24, 2.45) is 0 Å². The number of carbonyl (C=O) groups excluding carboxylic acids is 2. The lowest BCUT2D eigenvalue weighted by atomic mass is 10.1. The molecule has 0 saturated carbocycles. The van der Waals surface area contributed by atoms with E-state index in [-0.39, 0.29) is 25.0 Å². The molecule has 3 rings (SSSR count). The van der Waals surface area contributed by atoms with Gasteiger partial charge in [0.1, 0.15) is 6.54 Å². The summed E-state index contributed by atoms with van der Waals surface area (Å²) < 4.78 is 5.31. The van der Waals surface area contributed by atoms with Crippen LogP contribution in [0.25, 0.3) is 0 Å². The summed E-state index contributed by atoms with van der Waals surface area (Å²) in [5.74, 6) is 0.755. The van der Waals surface area contributed by atoms with Gasteiger partial charge in [-0.15, -0.1) is 0 Å². The molecule has 6 heteroatoms. The Morgan fingerprint density at radius 1 is 1.30 bits per heavy atom. The average molecular weight is 275 g/mol. The molecule has 0 aliphatic carbocycles. The first-order chi connectivity index (χ1) is 9.75. The zero-order chi connectivity index (χ0) is 13.9. The van der Waals surface area contributed by atoms with Gasteiger partial charge >= 0.3 is 0 Å². The Bertz CT molecular complexity index is 526. The van der Waals surface area contributed by atoms with Crippen LogP contribution in [0.15, 0.2) is 18.3 Å². The predicted molar refractivity (Wildman–Crippen MR) is 72.5 cm³/mol. The third-order valence-corrected chi connectivity index (χ3v) is 3.66. The molecule has 0 aromatic carbocycles. The molecule has 3 heterocycles. The lowest BCUT2D eigenvalue weighted by molar-refractivity contribution is -0.132. The Morgan fingerprint density at radius 2 is 2.10 bits per heavy atom. The number of amides is 2. The molecule has 1 aromatic heterocycles. The van der Waals surface area contributed by atoms with E-state index in [0.29, 0.717) is 11.6 Å². The van der Waals surface area contributed by atoms with E-state index in [0.717, 1.165) is 25.9 Å². The van der Waals surface area contributed by atoms with Crippen molar-refractivity contribution in [2.75, 3.05) is 31.1 Å². The maximum atomic E-state index is 12.3. The van der Waals surface area contributed by atoms with Crippen LogP contribution in [-0.4, -0.2) is 47.9 Å². The minimum Gasteiger partial charge on any atom is -0.480 e. The van der Waals surface area contributed by atoms with Crippen molar-refractivity contribution in [1.82, 2.24) is 9.88 Å². The highest BCUT2D eigenvalue weighted by atomic mass is 16.5. The number of hydrogen-bond donors (Lipinski definition) is 0. The number of hydrogen-bond acceptors (Lipinski definition) is 4. The van der Waals surface area contributed by atoms with Gasteiger partial charge in [0, 0.05) is 19.3 Å². The number of ether oxygens (including phenoxy) is 1. The molecule has 2 amide bonds. The number of aromatic nitrogens is 1. The quantitative estimate of drug-likeness (QED) is 0.801. The number of pyridine rings is 1. The van der Waals surface area contributed by atoms with Gasteiger partial charge in [0.2, 0.25) is 5.91 Å². The van der Waals surface area contributed by atoms with Gasteiger partial charge in [-0.2, -0.15) is 0 Å². The van der Waals surface area contributed by atoms with Gasteiger partial charge in [-0.3, -0.25) is 14.5 Å². The molecule has 20 heavy (non-hydrogen) atoms. The number of nitrogens with zero attached hydrogens (tertiary/aromatic N) is 3. The van der Waals surface area contributed by atoms with Crippen molar-refractivity contribution in [3.8, 4) is 5.75 Å². The van der Waals surface area contributed by atoms with Gasteiger partial charge in [0.15, 0.2) is 18.2 Å². The Morgan fingerprint density at radius 3 is 2.90 bits per heavy atom. The molecule has 1 saturated heterocycles. The molecule has 0 unspecified atom stereocenters. The fraction of sp³-hybridized carbons (Fsp3) is 0.500. The summed E-state index contributed by atoms with van der Waals surface area (Å²) in [7, 11) is 0. The van der Waals surface area contributed by atoms with Crippen molar-refractivity contribution < 1.29 is 14.3 Å². The van der Waals surface area contributed by atoms with Gasteiger partial charge in [0.05, 0.1) is 0 Å². The van der Waals surface area contributed by atoms with Gasteiger partial charge < -0.3 is 9.64 Å². The molecule has 0 spiro atoms. The van der Waals surface area contributed by atoms with Crippen LogP contribution in [0.3, 0.4) is 0 Å². The van der Waals surface area contributed by atoms with Gasteiger partial charge in [-0.05, 0) is 31.4 Å². The Balaban J connectivity index is 1.76. The Hall–Kier alpha value is -2.11. The normalized spacial score (nSPS) is 18.5. The highest BCUT2D eigenvalue weighted by molar-refractivity contribution is 6.01. The van der Waals surface area contributed by atoms with E-state index in [4.69, 9.17) is 4.74 Å². The lowest BCUT2D eigenvalue weighted by Crippen LogP contribution is -2.47. The van der Waals surface area contributed by atoms with Gasteiger partial charge in [0.25, 0.3) is 5.91 Å². The second-order valence-electron chi connectivity index (χ2n) is 5.04. The molecule has 0 radical (unpaired) electrons. The Kier molecular flexibility index (Phi) is 3.54. The number of fused-ring (bicyclic) bond motifs is 1. The monoisotopic (exact) mass is 275 g/mol. The highest BCUT2D eigenvalue weighted by Gasteiger charge is 2.30. The first-order valence-electron chi connectivity index (χ1n) is 6.91. The molecule has 2 aliphatic heterocycles. The maximum Gasteiger partial charge on any atom is 0.266 e. The fourth-order valence-corrected chi connectivity index (χ4v) is 2.57.